The highest BCUT2D eigenvalue weighted by atomic mass is 16.1. The number of pyridine rings is 1. The maximum absolute atomic E-state index is 12.3. The van der Waals surface area contributed by atoms with Gasteiger partial charge in [0.2, 0.25) is 0 Å². The van der Waals surface area contributed by atoms with Crippen LogP contribution < -0.4 is 11.1 Å². The normalized spacial score (nSPS) is 17.1. The number of aromatic nitrogens is 5. The molecule has 4 heterocycles. The quantitative estimate of drug-likeness (QED) is 0.637. The molecule has 0 aliphatic carbocycles. The first-order chi connectivity index (χ1) is 13.7. The molecule has 3 aromatic rings. The van der Waals surface area contributed by atoms with Crippen LogP contribution in [0, 0.1) is 0 Å². The molecule has 8 nitrogen and oxygen atoms in total. The molecule has 0 amide bonds. The molecule has 1 unspecified atom stereocenters. The van der Waals surface area contributed by atoms with Crippen LogP contribution in [0.2, 0.25) is 0 Å². The summed E-state index contributed by atoms with van der Waals surface area (Å²) in [5.41, 5.74) is 1.42. The van der Waals surface area contributed by atoms with Crippen LogP contribution in [0.3, 0.4) is 0 Å². The van der Waals surface area contributed by atoms with Gasteiger partial charge in [-0.3, -0.25) is 24.5 Å². The van der Waals surface area contributed by atoms with E-state index in [1.165, 1.54) is 6.20 Å². The van der Waals surface area contributed by atoms with Gasteiger partial charge >= 0.3 is 0 Å². The third-order valence-corrected chi connectivity index (χ3v) is 5.14. The van der Waals surface area contributed by atoms with Crippen molar-refractivity contribution in [3.63, 3.8) is 0 Å². The zero-order valence-corrected chi connectivity index (χ0v) is 15.5. The van der Waals surface area contributed by atoms with E-state index >= 15 is 0 Å². The van der Waals surface area contributed by atoms with Gasteiger partial charge in [0, 0.05) is 55.5 Å². The highest BCUT2D eigenvalue weighted by Crippen LogP contribution is 2.19. The van der Waals surface area contributed by atoms with Gasteiger partial charge in [-0.15, -0.1) is 0 Å². The summed E-state index contributed by atoms with van der Waals surface area (Å²) in [5.74, 6) is 0. The molecule has 1 atom stereocenters. The molecule has 0 aromatic carbocycles. The van der Waals surface area contributed by atoms with Crippen LogP contribution in [-0.2, 0) is 13.1 Å². The lowest BCUT2D eigenvalue weighted by Crippen LogP contribution is -2.39. The summed E-state index contributed by atoms with van der Waals surface area (Å²) in [4.78, 5) is 34.5. The standard InChI is InChI=1S/C20H22N6O2/c27-19-6-5-18(16-3-1-7-21-13-16)23-26(19)15-17-4-2-9-24(17)11-12-25-10-8-22-14-20(25)28/h1,3,5-8,10,13-14,17H,2,4,9,11-12,15H2. The SMILES string of the molecule is O=c1cnccn1CCN1CCCC1Cn1nc(-c2cccnc2)ccc1=O. The average molecular weight is 378 g/mol. The van der Waals surface area contributed by atoms with Gasteiger partial charge in [-0.25, -0.2) is 4.68 Å². The van der Waals surface area contributed by atoms with E-state index in [-0.39, 0.29) is 17.2 Å². The van der Waals surface area contributed by atoms with E-state index in [0.717, 1.165) is 37.2 Å². The second kappa shape index (κ2) is 8.26. The molecule has 3 aromatic heterocycles. The van der Waals surface area contributed by atoms with Crippen LogP contribution in [0.25, 0.3) is 11.3 Å². The van der Waals surface area contributed by atoms with Gasteiger partial charge in [0.05, 0.1) is 18.4 Å². The summed E-state index contributed by atoms with van der Waals surface area (Å²) >= 11 is 0. The first kappa shape index (κ1) is 18.2. The van der Waals surface area contributed by atoms with Crippen molar-refractivity contribution in [1.29, 1.82) is 0 Å². The third-order valence-electron chi connectivity index (χ3n) is 5.14. The molecule has 4 rings (SSSR count). The molecule has 1 aliphatic rings. The summed E-state index contributed by atoms with van der Waals surface area (Å²) in [6.07, 6.45) is 10.2. The summed E-state index contributed by atoms with van der Waals surface area (Å²) in [6, 6.07) is 7.31. The second-order valence-corrected chi connectivity index (χ2v) is 6.92. The Kier molecular flexibility index (Phi) is 5.38. The Morgan fingerprint density at radius 1 is 1.00 bits per heavy atom. The van der Waals surface area contributed by atoms with Gasteiger partial charge in [0.25, 0.3) is 11.1 Å². The first-order valence-electron chi connectivity index (χ1n) is 9.44. The molecule has 1 saturated heterocycles. The van der Waals surface area contributed by atoms with Gasteiger partial charge in [-0.1, -0.05) is 0 Å². The van der Waals surface area contributed by atoms with E-state index in [1.54, 1.807) is 46.2 Å². The third kappa shape index (κ3) is 4.07. The summed E-state index contributed by atoms with van der Waals surface area (Å²) in [5, 5.41) is 4.55. The monoisotopic (exact) mass is 378 g/mol. The fraction of sp³-hybridized carbons (Fsp3) is 0.350. The molecule has 1 aliphatic heterocycles. The Balaban J connectivity index is 1.48. The van der Waals surface area contributed by atoms with Crippen molar-refractivity contribution in [1.82, 2.24) is 29.2 Å². The number of hydrogen-bond donors (Lipinski definition) is 0. The highest BCUT2D eigenvalue weighted by Gasteiger charge is 2.25. The molecule has 0 radical (unpaired) electrons. The van der Waals surface area contributed by atoms with Crippen LogP contribution in [-0.4, -0.2) is 48.3 Å². The predicted molar refractivity (Wildman–Crippen MR) is 105 cm³/mol. The maximum atomic E-state index is 12.3. The number of nitrogens with zero attached hydrogens (tertiary/aromatic N) is 6. The van der Waals surface area contributed by atoms with Crippen molar-refractivity contribution in [3.05, 3.63) is 76.0 Å². The van der Waals surface area contributed by atoms with E-state index in [4.69, 9.17) is 0 Å². The topological polar surface area (TPSA) is 85.9 Å². The van der Waals surface area contributed by atoms with E-state index in [1.807, 2.05) is 12.1 Å². The van der Waals surface area contributed by atoms with E-state index < -0.39 is 0 Å². The maximum Gasteiger partial charge on any atom is 0.269 e. The Morgan fingerprint density at radius 3 is 2.71 bits per heavy atom. The van der Waals surface area contributed by atoms with Crippen molar-refractivity contribution in [2.45, 2.75) is 32.0 Å². The molecule has 0 N–H and O–H groups in total. The van der Waals surface area contributed by atoms with Crippen LogP contribution in [0.4, 0.5) is 0 Å². The lowest BCUT2D eigenvalue weighted by molar-refractivity contribution is 0.216. The van der Waals surface area contributed by atoms with Crippen molar-refractivity contribution in [3.8, 4) is 11.3 Å². The first-order valence-corrected chi connectivity index (χ1v) is 9.44. The zero-order chi connectivity index (χ0) is 19.3. The van der Waals surface area contributed by atoms with Gasteiger partial charge in [0.1, 0.15) is 0 Å². The van der Waals surface area contributed by atoms with Gasteiger partial charge in [0.15, 0.2) is 0 Å². The number of rotatable bonds is 6. The number of hydrogen-bond acceptors (Lipinski definition) is 6. The summed E-state index contributed by atoms with van der Waals surface area (Å²) in [6.45, 7) is 2.86. The van der Waals surface area contributed by atoms with Gasteiger partial charge < -0.3 is 4.57 Å². The minimum atomic E-state index is -0.107. The van der Waals surface area contributed by atoms with E-state index in [2.05, 4.69) is 20.0 Å². The molecule has 0 bridgehead atoms. The largest absolute Gasteiger partial charge is 0.311 e. The lowest BCUT2D eigenvalue weighted by atomic mass is 10.2. The Hall–Kier alpha value is -3.13. The molecular formula is C20H22N6O2. The Bertz CT molecular complexity index is 1050. The summed E-state index contributed by atoms with van der Waals surface area (Å²) in [7, 11) is 0. The van der Waals surface area contributed by atoms with E-state index in [9.17, 15) is 9.59 Å². The Morgan fingerprint density at radius 2 is 1.89 bits per heavy atom. The smallest absolute Gasteiger partial charge is 0.269 e. The average Bonchev–Trinajstić information content (AvgIpc) is 3.17. The molecule has 8 heteroatoms. The molecule has 1 fully saturated rings. The lowest BCUT2D eigenvalue weighted by Gasteiger charge is -2.25. The van der Waals surface area contributed by atoms with Crippen molar-refractivity contribution in [2.24, 2.45) is 0 Å². The Labute approximate surface area is 162 Å². The van der Waals surface area contributed by atoms with E-state index in [0.29, 0.717) is 13.1 Å². The minimum absolute atomic E-state index is 0.0969. The van der Waals surface area contributed by atoms with Crippen LogP contribution >= 0.6 is 0 Å². The minimum Gasteiger partial charge on any atom is -0.311 e. The fourth-order valence-electron chi connectivity index (χ4n) is 3.64. The van der Waals surface area contributed by atoms with Crippen LogP contribution in [0.5, 0.6) is 0 Å². The van der Waals surface area contributed by atoms with Crippen LogP contribution in [0.1, 0.15) is 12.8 Å². The predicted octanol–water partition coefficient (Wildman–Crippen LogP) is 1.03. The molecule has 28 heavy (non-hydrogen) atoms. The highest BCUT2D eigenvalue weighted by molar-refractivity contribution is 5.56. The van der Waals surface area contributed by atoms with Crippen molar-refractivity contribution >= 4 is 0 Å². The van der Waals surface area contributed by atoms with Crippen molar-refractivity contribution < 1.29 is 0 Å². The van der Waals surface area contributed by atoms with Crippen molar-refractivity contribution in [2.75, 3.05) is 13.1 Å². The molecule has 0 saturated carbocycles. The number of likely N-dealkylation sites (tertiary alicyclic amines) is 1. The summed E-state index contributed by atoms with van der Waals surface area (Å²) < 4.78 is 3.21. The van der Waals surface area contributed by atoms with Crippen LogP contribution in [0.15, 0.2) is 64.8 Å². The van der Waals surface area contributed by atoms with Gasteiger partial charge in [-0.2, -0.15) is 5.10 Å². The second-order valence-electron chi connectivity index (χ2n) is 6.92. The van der Waals surface area contributed by atoms with Gasteiger partial charge in [-0.05, 0) is 37.6 Å². The molecule has 0 spiro atoms. The molecule has 144 valence electrons. The fourth-order valence-corrected chi connectivity index (χ4v) is 3.64. The molecular weight excluding hydrogens is 356 g/mol. The zero-order valence-electron chi connectivity index (χ0n) is 15.5.